The Labute approximate surface area is 91.1 Å². The van der Waals surface area contributed by atoms with Gasteiger partial charge in [-0.15, -0.1) is 0 Å². The van der Waals surface area contributed by atoms with Crippen LogP contribution in [0.15, 0.2) is 18.3 Å². The van der Waals surface area contributed by atoms with Crippen molar-refractivity contribution in [2.24, 2.45) is 0 Å². The van der Waals surface area contributed by atoms with Gasteiger partial charge in [0.2, 0.25) is 5.88 Å². The molecule has 1 aliphatic rings. The third-order valence-electron chi connectivity index (χ3n) is 2.80. The molecule has 0 amide bonds. The van der Waals surface area contributed by atoms with Crippen molar-refractivity contribution >= 4 is 0 Å². The van der Waals surface area contributed by atoms with Crippen LogP contribution in [0.4, 0.5) is 0 Å². The number of ether oxygens (including phenoxy) is 1. The molecule has 81 valence electrons. The molecule has 0 bridgehead atoms. The fraction of sp³-hybridized carbons (Fsp3) is 0.500. The number of hydrogen-bond donors (Lipinski definition) is 0. The highest BCUT2D eigenvalue weighted by atomic mass is 16.5. The number of pyridine rings is 1. The van der Waals surface area contributed by atoms with Gasteiger partial charge in [-0.05, 0) is 37.6 Å². The summed E-state index contributed by atoms with van der Waals surface area (Å²) in [5, 5.41) is 0. The predicted octanol–water partition coefficient (Wildman–Crippen LogP) is 2.24. The molecule has 0 spiro atoms. The molecular weight excluding hydrogens is 188 g/mol. The summed E-state index contributed by atoms with van der Waals surface area (Å²) in [6, 6.07) is 4.00. The summed E-state index contributed by atoms with van der Waals surface area (Å²) in [6.07, 6.45) is 5.80. The third kappa shape index (κ3) is 2.93. The van der Waals surface area contributed by atoms with Gasteiger partial charge in [0.05, 0.1) is 0 Å². The Morgan fingerprint density at radius 3 is 2.87 bits per heavy atom. The van der Waals surface area contributed by atoms with Crippen LogP contribution in [0.1, 0.15) is 24.8 Å². The zero-order chi connectivity index (χ0) is 10.5. The first kappa shape index (κ1) is 10.4. The number of hydrogen-bond acceptors (Lipinski definition) is 3. The van der Waals surface area contributed by atoms with Crippen LogP contribution in [-0.4, -0.2) is 23.0 Å². The number of likely N-dealkylation sites (tertiary alicyclic amines) is 1. The summed E-state index contributed by atoms with van der Waals surface area (Å²) in [6.45, 7) is 3.42. The Morgan fingerprint density at radius 2 is 2.13 bits per heavy atom. The van der Waals surface area contributed by atoms with Crippen molar-refractivity contribution in [3.8, 4) is 5.88 Å². The zero-order valence-corrected chi connectivity index (χ0v) is 8.98. The van der Waals surface area contributed by atoms with Gasteiger partial charge in [0.15, 0.2) is 0 Å². The maximum Gasteiger partial charge on any atom is 0.213 e. The first-order valence-electron chi connectivity index (χ1n) is 5.48. The lowest BCUT2D eigenvalue weighted by Gasteiger charge is -2.26. The molecule has 1 aliphatic heterocycles. The molecule has 1 aromatic rings. The fourth-order valence-corrected chi connectivity index (χ4v) is 2.00. The molecule has 3 heteroatoms. The highest BCUT2D eigenvalue weighted by Gasteiger charge is 2.10. The van der Waals surface area contributed by atoms with E-state index in [1.165, 1.54) is 37.9 Å². The van der Waals surface area contributed by atoms with Crippen LogP contribution in [-0.2, 0) is 6.54 Å². The van der Waals surface area contributed by atoms with E-state index in [4.69, 9.17) is 4.74 Å². The molecular formula is C12H17N2O. The smallest absolute Gasteiger partial charge is 0.213 e. The van der Waals surface area contributed by atoms with Crippen LogP contribution >= 0.6 is 0 Å². The van der Waals surface area contributed by atoms with Gasteiger partial charge in [0.25, 0.3) is 0 Å². The minimum atomic E-state index is 0.601. The highest BCUT2D eigenvalue weighted by molar-refractivity contribution is 5.20. The van der Waals surface area contributed by atoms with E-state index in [1.807, 2.05) is 12.1 Å². The van der Waals surface area contributed by atoms with E-state index in [0.717, 1.165) is 6.54 Å². The number of rotatable bonds is 3. The maximum absolute atomic E-state index is 4.86. The van der Waals surface area contributed by atoms with Gasteiger partial charge in [0, 0.05) is 18.8 Å². The largest absolute Gasteiger partial charge is 0.474 e. The van der Waals surface area contributed by atoms with Gasteiger partial charge >= 0.3 is 0 Å². The van der Waals surface area contributed by atoms with Crippen molar-refractivity contribution in [2.75, 3.05) is 13.1 Å². The van der Waals surface area contributed by atoms with Gasteiger partial charge in [-0.1, -0.05) is 6.42 Å². The topological polar surface area (TPSA) is 25.4 Å². The van der Waals surface area contributed by atoms with E-state index in [-0.39, 0.29) is 0 Å². The van der Waals surface area contributed by atoms with Gasteiger partial charge in [-0.25, -0.2) is 4.98 Å². The van der Waals surface area contributed by atoms with E-state index in [9.17, 15) is 0 Å². The Morgan fingerprint density at radius 1 is 1.33 bits per heavy atom. The molecule has 0 N–H and O–H groups in total. The Kier molecular flexibility index (Phi) is 3.56. The monoisotopic (exact) mass is 205 g/mol. The Hall–Kier alpha value is -1.09. The molecule has 0 saturated carbocycles. The van der Waals surface area contributed by atoms with E-state index in [2.05, 4.69) is 17.0 Å². The summed E-state index contributed by atoms with van der Waals surface area (Å²) >= 11 is 0. The van der Waals surface area contributed by atoms with Crippen molar-refractivity contribution in [3.05, 3.63) is 31.0 Å². The summed E-state index contributed by atoms with van der Waals surface area (Å²) in [5.74, 6) is 0.601. The fourth-order valence-electron chi connectivity index (χ4n) is 2.00. The van der Waals surface area contributed by atoms with Gasteiger partial charge in [0.1, 0.15) is 7.11 Å². The van der Waals surface area contributed by atoms with Crippen LogP contribution in [0.25, 0.3) is 0 Å². The van der Waals surface area contributed by atoms with Crippen LogP contribution < -0.4 is 4.74 Å². The van der Waals surface area contributed by atoms with Gasteiger partial charge < -0.3 is 4.74 Å². The maximum atomic E-state index is 4.86. The molecule has 1 saturated heterocycles. The average Bonchev–Trinajstić information content (AvgIpc) is 2.31. The zero-order valence-electron chi connectivity index (χ0n) is 8.98. The van der Waals surface area contributed by atoms with Crippen LogP contribution in [0, 0.1) is 7.11 Å². The third-order valence-corrected chi connectivity index (χ3v) is 2.80. The minimum Gasteiger partial charge on any atom is -0.474 e. The second-order valence-electron chi connectivity index (χ2n) is 3.98. The SMILES string of the molecule is [CH2]Oc1cc(CN2CCCCC2)ccn1. The molecule has 0 atom stereocenters. The quantitative estimate of drug-likeness (QED) is 0.756. The molecule has 2 heterocycles. The number of piperidine rings is 1. The normalized spacial score (nSPS) is 17.7. The molecule has 0 unspecified atom stereocenters. The van der Waals surface area contributed by atoms with Crippen molar-refractivity contribution in [1.29, 1.82) is 0 Å². The van der Waals surface area contributed by atoms with E-state index in [0.29, 0.717) is 5.88 Å². The van der Waals surface area contributed by atoms with E-state index < -0.39 is 0 Å². The second-order valence-corrected chi connectivity index (χ2v) is 3.98. The van der Waals surface area contributed by atoms with Crippen molar-refractivity contribution in [3.63, 3.8) is 0 Å². The molecule has 1 radical (unpaired) electrons. The van der Waals surface area contributed by atoms with Crippen LogP contribution in [0.2, 0.25) is 0 Å². The van der Waals surface area contributed by atoms with Crippen molar-refractivity contribution in [2.45, 2.75) is 25.8 Å². The summed E-state index contributed by atoms with van der Waals surface area (Å²) in [4.78, 5) is 6.53. The average molecular weight is 205 g/mol. The first-order valence-corrected chi connectivity index (χ1v) is 5.48. The number of aromatic nitrogens is 1. The molecule has 15 heavy (non-hydrogen) atoms. The Bertz CT molecular complexity index is 308. The van der Waals surface area contributed by atoms with E-state index in [1.54, 1.807) is 6.20 Å². The minimum absolute atomic E-state index is 0.601. The predicted molar refractivity (Wildman–Crippen MR) is 59.4 cm³/mol. The van der Waals surface area contributed by atoms with Crippen LogP contribution in [0.5, 0.6) is 5.88 Å². The molecule has 1 fully saturated rings. The van der Waals surface area contributed by atoms with Gasteiger partial charge in [-0.3, -0.25) is 4.90 Å². The van der Waals surface area contributed by atoms with Crippen molar-refractivity contribution < 1.29 is 4.74 Å². The summed E-state index contributed by atoms with van der Waals surface area (Å²) in [7, 11) is 3.37. The second kappa shape index (κ2) is 5.12. The van der Waals surface area contributed by atoms with Crippen LogP contribution in [0.3, 0.4) is 0 Å². The lowest BCUT2D eigenvalue weighted by atomic mass is 10.1. The van der Waals surface area contributed by atoms with Crippen molar-refractivity contribution in [1.82, 2.24) is 9.88 Å². The summed E-state index contributed by atoms with van der Waals surface area (Å²) in [5.41, 5.74) is 1.26. The highest BCUT2D eigenvalue weighted by Crippen LogP contribution is 2.15. The molecule has 1 aromatic heterocycles. The van der Waals surface area contributed by atoms with Gasteiger partial charge in [-0.2, -0.15) is 0 Å². The first-order chi connectivity index (χ1) is 7.38. The lowest BCUT2D eigenvalue weighted by Crippen LogP contribution is -2.29. The molecule has 0 aliphatic carbocycles. The van der Waals surface area contributed by atoms with E-state index >= 15 is 0 Å². The standard InChI is InChI=1S/C12H17N2O/c1-15-12-9-11(5-6-13-12)10-14-7-3-2-4-8-14/h5-6,9H,1-4,7-8,10H2. The molecule has 3 nitrogen and oxygen atoms in total. The number of nitrogens with zero attached hydrogens (tertiary/aromatic N) is 2. The lowest BCUT2D eigenvalue weighted by molar-refractivity contribution is 0.220. The molecule has 2 rings (SSSR count). The molecule has 0 aromatic carbocycles. The summed E-state index contributed by atoms with van der Waals surface area (Å²) < 4.78 is 4.86. The Balaban J connectivity index is 1.96.